The Morgan fingerprint density at radius 3 is 2.74 bits per heavy atom. The number of nitro benzene ring substituents is 1. The van der Waals surface area contributed by atoms with Crippen molar-refractivity contribution in [3.63, 3.8) is 0 Å². The average molecular weight is 369 g/mol. The molecule has 8 heteroatoms. The number of hydrogen-bond donors (Lipinski definition) is 1. The third kappa shape index (κ3) is 5.15. The van der Waals surface area contributed by atoms with Crippen molar-refractivity contribution in [2.75, 3.05) is 13.7 Å². The molecule has 8 nitrogen and oxygen atoms in total. The van der Waals surface area contributed by atoms with Gasteiger partial charge in [-0.2, -0.15) is 5.10 Å². The monoisotopic (exact) mass is 369 g/mol. The van der Waals surface area contributed by atoms with E-state index < -0.39 is 10.8 Å². The van der Waals surface area contributed by atoms with Gasteiger partial charge in [0.15, 0.2) is 11.5 Å². The molecule has 2 rings (SSSR count). The quantitative estimate of drug-likeness (QED) is 0.333. The Hall–Kier alpha value is -3.68. The molecule has 27 heavy (non-hydrogen) atoms. The number of hydrazone groups is 1. The van der Waals surface area contributed by atoms with Gasteiger partial charge in [0.05, 0.1) is 18.2 Å². The number of carbonyl (C=O) groups is 1. The smallest absolute Gasteiger partial charge is 0.273 e. The van der Waals surface area contributed by atoms with Crippen molar-refractivity contribution in [3.8, 4) is 11.5 Å². The highest BCUT2D eigenvalue weighted by molar-refractivity contribution is 5.95. The van der Waals surface area contributed by atoms with Gasteiger partial charge in [-0.3, -0.25) is 14.9 Å². The van der Waals surface area contributed by atoms with Crippen LogP contribution in [-0.4, -0.2) is 30.8 Å². The van der Waals surface area contributed by atoms with E-state index in [1.165, 1.54) is 31.5 Å². The molecular weight excluding hydrogens is 350 g/mol. The zero-order chi connectivity index (χ0) is 19.8. The number of nitrogens with zero attached hydrogens (tertiary/aromatic N) is 2. The van der Waals surface area contributed by atoms with E-state index in [9.17, 15) is 14.9 Å². The van der Waals surface area contributed by atoms with E-state index in [1.54, 1.807) is 31.2 Å². The van der Waals surface area contributed by atoms with Gasteiger partial charge in [0.2, 0.25) is 0 Å². The van der Waals surface area contributed by atoms with Crippen LogP contribution in [0.15, 0.2) is 54.2 Å². The van der Waals surface area contributed by atoms with Gasteiger partial charge >= 0.3 is 0 Å². The first kappa shape index (κ1) is 19.6. The molecule has 0 aliphatic rings. The van der Waals surface area contributed by atoms with Gasteiger partial charge in [0.25, 0.3) is 11.6 Å². The molecule has 0 heterocycles. The van der Waals surface area contributed by atoms with E-state index in [2.05, 4.69) is 17.1 Å². The molecule has 0 aliphatic carbocycles. The van der Waals surface area contributed by atoms with Crippen LogP contribution in [-0.2, 0) is 0 Å². The van der Waals surface area contributed by atoms with Crippen molar-refractivity contribution in [3.05, 3.63) is 75.9 Å². The lowest BCUT2D eigenvalue weighted by atomic mass is 10.1. The van der Waals surface area contributed by atoms with Crippen LogP contribution in [0.25, 0.3) is 0 Å². The lowest BCUT2D eigenvalue weighted by molar-refractivity contribution is -0.385. The molecule has 140 valence electrons. The normalized spacial score (nSPS) is 10.4. The third-order valence-electron chi connectivity index (χ3n) is 3.59. The van der Waals surface area contributed by atoms with Gasteiger partial charge in [-0.05, 0) is 36.8 Å². The van der Waals surface area contributed by atoms with Crippen molar-refractivity contribution in [1.29, 1.82) is 0 Å². The van der Waals surface area contributed by atoms with Crippen LogP contribution in [0.4, 0.5) is 5.69 Å². The first-order valence-corrected chi connectivity index (χ1v) is 7.96. The lowest BCUT2D eigenvalue weighted by Gasteiger charge is -2.09. The minimum absolute atomic E-state index is 0.119. The Morgan fingerprint density at radius 2 is 2.07 bits per heavy atom. The van der Waals surface area contributed by atoms with Crippen LogP contribution in [0.5, 0.6) is 11.5 Å². The first-order chi connectivity index (χ1) is 13.0. The number of methoxy groups -OCH3 is 1. The van der Waals surface area contributed by atoms with Crippen molar-refractivity contribution in [2.24, 2.45) is 5.10 Å². The molecule has 0 atom stereocenters. The molecule has 0 saturated carbocycles. The standard InChI is InChI=1S/C19H19N3O5/c1-4-9-27-17-8-6-14(10-18(17)26-3)12-20-21-19(23)15-7-5-13(2)16(11-15)22(24)25/h4-8,10-12H,1,9H2,2-3H3,(H,21,23)/b20-12-. The Balaban J connectivity index is 2.08. The molecule has 0 unspecified atom stereocenters. The molecule has 2 aromatic carbocycles. The Labute approximate surface area is 156 Å². The number of aryl methyl sites for hydroxylation is 1. The minimum Gasteiger partial charge on any atom is -0.493 e. The van der Waals surface area contributed by atoms with E-state index in [-0.39, 0.29) is 11.3 Å². The van der Waals surface area contributed by atoms with Gasteiger partial charge in [-0.25, -0.2) is 5.43 Å². The van der Waals surface area contributed by atoms with Crippen LogP contribution >= 0.6 is 0 Å². The predicted octanol–water partition coefficient (Wildman–Crippen LogP) is 3.24. The second-order valence-electron chi connectivity index (χ2n) is 5.47. The SMILES string of the molecule is C=CCOc1ccc(/C=N\NC(=O)c2ccc(C)c([N+](=O)[O-])c2)cc1OC. The first-order valence-electron chi connectivity index (χ1n) is 7.96. The van der Waals surface area contributed by atoms with Crippen molar-refractivity contribution in [1.82, 2.24) is 5.43 Å². The minimum atomic E-state index is -0.549. The molecule has 0 bridgehead atoms. The fraction of sp³-hybridized carbons (Fsp3) is 0.158. The van der Waals surface area contributed by atoms with Gasteiger partial charge < -0.3 is 9.47 Å². The second kappa shape index (κ2) is 9.14. The van der Waals surface area contributed by atoms with Crippen LogP contribution in [0.2, 0.25) is 0 Å². The summed E-state index contributed by atoms with van der Waals surface area (Å²) in [5.41, 5.74) is 3.52. The van der Waals surface area contributed by atoms with Crippen LogP contribution in [0, 0.1) is 17.0 Å². The largest absolute Gasteiger partial charge is 0.493 e. The van der Waals surface area contributed by atoms with Gasteiger partial charge in [-0.1, -0.05) is 18.7 Å². The Bertz CT molecular complexity index is 893. The fourth-order valence-corrected chi connectivity index (χ4v) is 2.21. The van der Waals surface area contributed by atoms with Crippen molar-refractivity contribution >= 4 is 17.8 Å². The van der Waals surface area contributed by atoms with Gasteiger partial charge in [0, 0.05) is 17.2 Å². The maximum absolute atomic E-state index is 12.1. The molecule has 0 saturated heterocycles. The number of benzene rings is 2. The zero-order valence-corrected chi connectivity index (χ0v) is 15.0. The van der Waals surface area contributed by atoms with Crippen LogP contribution in [0.3, 0.4) is 0 Å². The van der Waals surface area contributed by atoms with Gasteiger partial charge in [-0.15, -0.1) is 0 Å². The number of hydrogen-bond acceptors (Lipinski definition) is 6. The molecule has 0 aromatic heterocycles. The average Bonchev–Trinajstić information content (AvgIpc) is 2.66. The van der Waals surface area contributed by atoms with Crippen molar-refractivity contribution < 1.29 is 19.2 Å². The molecule has 0 fully saturated rings. The Morgan fingerprint density at radius 1 is 1.30 bits per heavy atom. The van der Waals surface area contributed by atoms with E-state index in [0.717, 1.165) is 0 Å². The number of ether oxygens (including phenoxy) is 2. The molecule has 1 amide bonds. The van der Waals surface area contributed by atoms with E-state index in [4.69, 9.17) is 9.47 Å². The summed E-state index contributed by atoms with van der Waals surface area (Å²) in [5.74, 6) is 0.527. The predicted molar refractivity (Wildman–Crippen MR) is 102 cm³/mol. The number of nitrogens with one attached hydrogen (secondary N) is 1. The molecule has 2 aromatic rings. The highest BCUT2D eigenvalue weighted by Crippen LogP contribution is 2.27. The maximum Gasteiger partial charge on any atom is 0.273 e. The molecule has 0 aliphatic heterocycles. The number of rotatable bonds is 8. The van der Waals surface area contributed by atoms with Gasteiger partial charge in [0.1, 0.15) is 6.61 Å². The van der Waals surface area contributed by atoms with E-state index >= 15 is 0 Å². The summed E-state index contributed by atoms with van der Waals surface area (Å²) in [6.07, 6.45) is 3.06. The molecule has 0 radical (unpaired) electrons. The number of carbonyl (C=O) groups excluding carboxylic acids is 1. The maximum atomic E-state index is 12.1. The lowest BCUT2D eigenvalue weighted by Crippen LogP contribution is -2.17. The summed E-state index contributed by atoms with van der Waals surface area (Å²) in [7, 11) is 1.52. The second-order valence-corrected chi connectivity index (χ2v) is 5.47. The number of nitro groups is 1. The fourth-order valence-electron chi connectivity index (χ4n) is 2.21. The summed E-state index contributed by atoms with van der Waals surface area (Å²) in [6.45, 7) is 5.54. The summed E-state index contributed by atoms with van der Waals surface area (Å²) in [5, 5.41) is 14.8. The highest BCUT2D eigenvalue weighted by Gasteiger charge is 2.14. The van der Waals surface area contributed by atoms with E-state index in [0.29, 0.717) is 29.2 Å². The van der Waals surface area contributed by atoms with Crippen LogP contribution in [0.1, 0.15) is 21.5 Å². The summed E-state index contributed by atoms with van der Waals surface area (Å²) in [4.78, 5) is 22.6. The third-order valence-corrected chi connectivity index (χ3v) is 3.59. The number of amides is 1. The summed E-state index contributed by atoms with van der Waals surface area (Å²) in [6, 6.07) is 9.40. The topological polar surface area (TPSA) is 103 Å². The zero-order valence-electron chi connectivity index (χ0n) is 15.0. The molecular formula is C19H19N3O5. The molecule has 1 N–H and O–H groups in total. The highest BCUT2D eigenvalue weighted by atomic mass is 16.6. The van der Waals surface area contributed by atoms with Crippen molar-refractivity contribution in [2.45, 2.75) is 6.92 Å². The van der Waals surface area contributed by atoms with Crippen LogP contribution < -0.4 is 14.9 Å². The summed E-state index contributed by atoms with van der Waals surface area (Å²) < 4.78 is 10.7. The summed E-state index contributed by atoms with van der Waals surface area (Å²) >= 11 is 0. The molecule has 0 spiro atoms. The van der Waals surface area contributed by atoms with E-state index in [1.807, 2.05) is 0 Å². The Kier molecular flexibility index (Phi) is 6.65.